The summed E-state index contributed by atoms with van der Waals surface area (Å²) < 4.78 is 5.38. The molecule has 1 saturated heterocycles. The molecule has 27 heavy (non-hydrogen) atoms. The highest BCUT2D eigenvalue weighted by atomic mass is 16.5. The van der Waals surface area contributed by atoms with E-state index in [1.165, 1.54) is 16.7 Å². The van der Waals surface area contributed by atoms with Crippen LogP contribution in [0.15, 0.2) is 24.4 Å². The van der Waals surface area contributed by atoms with Gasteiger partial charge in [0.25, 0.3) is 5.91 Å². The van der Waals surface area contributed by atoms with Crippen molar-refractivity contribution in [2.45, 2.75) is 39.2 Å². The van der Waals surface area contributed by atoms with Crippen LogP contribution in [0.5, 0.6) is 0 Å². The Morgan fingerprint density at radius 1 is 1.15 bits per heavy atom. The third kappa shape index (κ3) is 3.81. The van der Waals surface area contributed by atoms with Gasteiger partial charge in [0.15, 0.2) is 0 Å². The molecule has 0 unspecified atom stereocenters. The number of carbonyl (C=O) groups excluding carboxylic acids is 1. The number of benzene rings is 1. The predicted molar refractivity (Wildman–Crippen MR) is 104 cm³/mol. The average Bonchev–Trinajstić information content (AvgIpc) is 3.44. The Balaban J connectivity index is 1.45. The number of hydrogen-bond donors (Lipinski definition) is 1. The summed E-state index contributed by atoms with van der Waals surface area (Å²) in [6, 6.07) is 6.75. The Labute approximate surface area is 160 Å². The summed E-state index contributed by atoms with van der Waals surface area (Å²) in [7, 11) is 0. The van der Waals surface area contributed by atoms with Gasteiger partial charge in [0.05, 0.1) is 13.2 Å². The normalized spacial score (nSPS) is 21.8. The molecule has 2 atom stereocenters. The van der Waals surface area contributed by atoms with Gasteiger partial charge in [-0.1, -0.05) is 18.2 Å². The van der Waals surface area contributed by atoms with Crippen LogP contribution in [0.3, 0.4) is 0 Å². The molecule has 1 N–H and O–H groups in total. The molecule has 142 valence electrons. The molecule has 4 rings (SSSR count). The number of amides is 1. The highest BCUT2D eigenvalue weighted by Crippen LogP contribution is 2.41. The zero-order chi connectivity index (χ0) is 19.0. The summed E-state index contributed by atoms with van der Waals surface area (Å²) in [5, 5.41) is 3.15. The van der Waals surface area contributed by atoms with E-state index >= 15 is 0 Å². The van der Waals surface area contributed by atoms with E-state index in [-0.39, 0.29) is 11.9 Å². The van der Waals surface area contributed by atoms with Crippen LogP contribution >= 0.6 is 0 Å². The number of carbonyl (C=O) groups is 1. The summed E-state index contributed by atoms with van der Waals surface area (Å²) in [6.45, 7) is 8.97. The average molecular weight is 366 g/mol. The van der Waals surface area contributed by atoms with E-state index < -0.39 is 0 Å². The number of aryl methyl sites for hydroxylation is 3. The SMILES string of the molecule is Cc1ccc([C@@H]2C[C@H]2NC(=O)c2nc(N3CCOCC3)ncc2C)cc1C. The molecule has 1 saturated carbocycles. The van der Waals surface area contributed by atoms with Crippen molar-refractivity contribution >= 4 is 11.9 Å². The van der Waals surface area contributed by atoms with Crippen LogP contribution in [0.1, 0.15) is 45.1 Å². The van der Waals surface area contributed by atoms with Crippen molar-refractivity contribution in [3.05, 3.63) is 52.3 Å². The van der Waals surface area contributed by atoms with Gasteiger partial charge < -0.3 is 15.0 Å². The standard InChI is InChI=1S/C21H26N4O2/c1-13-4-5-16(10-14(13)2)17-11-18(17)23-20(26)19-15(3)12-22-21(24-19)25-6-8-27-9-7-25/h4-5,10,12,17-18H,6-9,11H2,1-3H3,(H,23,26)/t17-,18+/m0/s1. The second-order valence-electron chi connectivity index (χ2n) is 7.57. The van der Waals surface area contributed by atoms with Crippen molar-refractivity contribution in [2.75, 3.05) is 31.2 Å². The molecular formula is C21H26N4O2. The van der Waals surface area contributed by atoms with Crippen molar-refractivity contribution in [1.29, 1.82) is 0 Å². The molecule has 1 amide bonds. The first-order chi connectivity index (χ1) is 13.0. The number of aromatic nitrogens is 2. The molecule has 2 aromatic rings. The van der Waals surface area contributed by atoms with Gasteiger partial charge in [0, 0.05) is 31.2 Å². The summed E-state index contributed by atoms with van der Waals surface area (Å²) in [6.07, 6.45) is 2.72. The molecule has 1 aromatic carbocycles. The molecule has 2 fully saturated rings. The lowest BCUT2D eigenvalue weighted by atomic mass is 10.0. The van der Waals surface area contributed by atoms with Crippen LogP contribution in [0.25, 0.3) is 0 Å². The summed E-state index contributed by atoms with van der Waals surface area (Å²) in [5.74, 6) is 0.894. The largest absolute Gasteiger partial charge is 0.378 e. The van der Waals surface area contributed by atoms with Crippen LogP contribution in [0, 0.1) is 20.8 Å². The van der Waals surface area contributed by atoms with Gasteiger partial charge in [0.2, 0.25) is 5.95 Å². The first-order valence-electron chi connectivity index (χ1n) is 9.57. The minimum atomic E-state index is -0.110. The molecule has 2 aliphatic rings. The monoisotopic (exact) mass is 366 g/mol. The van der Waals surface area contributed by atoms with Crippen LogP contribution in [0.4, 0.5) is 5.95 Å². The van der Waals surface area contributed by atoms with Crippen LogP contribution in [-0.2, 0) is 4.74 Å². The van der Waals surface area contributed by atoms with Gasteiger partial charge in [-0.25, -0.2) is 9.97 Å². The van der Waals surface area contributed by atoms with Gasteiger partial charge >= 0.3 is 0 Å². The molecule has 1 aliphatic heterocycles. The van der Waals surface area contributed by atoms with Crippen molar-refractivity contribution in [3.8, 4) is 0 Å². The van der Waals surface area contributed by atoms with Gasteiger partial charge in [-0.3, -0.25) is 4.79 Å². The lowest BCUT2D eigenvalue weighted by Gasteiger charge is -2.27. The summed E-state index contributed by atoms with van der Waals surface area (Å²) in [5.41, 5.74) is 5.17. The van der Waals surface area contributed by atoms with Gasteiger partial charge in [-0.2, -0.15) is 0 Å². The number of nitrogens with zero attached hydrogens (tertiary/aromatic N) is 3. The van der Waals surface area contributed by atoms with Crippen LogP contribution in [-0.4, -0.2) is 48.2 Å². The highest BCUT2D eigenvalue weighted by molar-refractivity contribution is 5.94. The first kappa shape index (κ1) is 17.9. The molecule has 6 heteroatoms. The van der Waals surface area contributed by atoms with Crippen LogP contribution in [0.2, 0.25) is 0 Å². The third-order valence-electron chi connectivity index (χ3n) is 5.53. The van der Waals surface area contributed by atoms with E-state index in [2.05, 4.69) is 52.2 Å². The number of hydrogen-bond acceptors (Lipinski definition) is 5. The van der Waals surface area contributed by atoms with E-state index in [1.807, 2.05) is 6.92 Å². The fraction of sp³-hybridized carbons (Fsp3) is 0.476. The van der Waals surface area contributed by atoms with Crippen molar-refractivity contribution in [3.63, 3.8) is 0 Å². The fourth-order valence-electron chi connectivity index (χ4n) is 3.53. The van der Waals surface area contributed by atoms with Crippen LogP contribution < -0.4 is 10.2 Å². The molecule has 0 radical (unpaired) electrons. The molecule has 6 nitrogen and oxygen atoms in total. The van der Waals surface area contributed by atoms with Crippen molar-refractivity contribution < 1.29 is 9.53 Å². The maximum absolute atomic E-state index is 12.8. The number of rotatable bonds is 4. The summed E-state index contributed by atoms with van der Waals surface area (Å²) >= 11 is 0. The second-order valence-corrected chi connectivity index (χ2v) is 7.57. The molecule has 0 spiro atoms. The lowest BCUT2D eigenvalue weighted by molar-refractivity contribution is 0.0944. The Bertz CT molecular complexity index is 861. The Morgan fingerprint density at radius 3 is 2.67 bits per heavy atom. The van der Waals surface area contributed by atoms with E-state index in [1.54, 1.807) is 6.20 Å². The first-order valence-corrected chi connectivity index (χ1v) is 9.57. The fourth-order valence-corrected chi connectivity index (χ4v) is 3.53. The Kier molecular flexibility index (Phi) is 4.83. The molecule has 1 aromatic heterocycles. The van der Waals surface area contributed by atoms with E-state index in [0.29, 0.717) is 30.8 Å². The predicted octanol–water partition coefficient (Wildman–Crippen LogP) is 2.52. The molecule has 0 bridgehead atoms. The number of morpholine rings is 1. The molecule has 1 aliphatic carbocycles. The smallest absolute Gasteiger partial charge is 0.270 e. The van der Waals surface area contributed by atoms with Crippen molar-refractivity contribution in [2.24, 2.45) is 0 Å². The molecular weight excluding hydrogens is 340 g/mol. The number of ether oxygens (including phenoxy) is 1. The van der Waals surface area contributed by atoms with Gasteiger partial charge in [0.1, 0.15) is 5.69 Å². The number of anilines is 1. The second kappa shape index (κ2) is 7.27. The number of nitrogens with one attached hydrogen (secondary N) is 1. The summed E-state index contributed by atoms with van der Waals surface area (Å²) in [4.78, 5) is 23.8. The third-order valence-corrected chi connectivity index (χ3v) is 5.53. The zero-order valence-electron chi connectivity index (χ0n) is 16.2. The van der Waals surface area contributed by atoms with Gasteiger partial charge in [-0.15, -0.1) is 0 Å². The Morgan fingerprint density at radius 2 is 1.93 bits per heavy atom. The minimum absolute atomic E-state index is 0.110. The maximum Gasteiger partial charge on any atom is 0.270 e. The quantitative estimate of drug-likeness (QED) is 0.901. The maximum atomic E-state index is 12.8. The van der Waals surface area contributed by atoms with E-state index in [4.69, 9.17) is 4.74 Å². The van der Waals surface area contributed by atoms with E-state index in [0.717, 1.165) is 25.1 Å². The highest BCUT2D eigenvalue weighted by Gasteiger charge is 2.40. The van der Waals surface area contributed by atoms with Gasteiger partial charge in [-0.05, 0) is 49.4 Å². The lowest BCUT2D eigenvalue weighted by Crippen LogP contribution is -2.38. The Hall–Kier alpha value is -2.47. The van der Waals surface area contributed by atoms with E-state index in [9.17, 15) is 4.79 Å². The molecule has 2 heterocycles. The zero-order valence-corrected chi connectivity index (χ0v) is 16.2. The minimum Gasteiger partial charge on any atom is -0.378 e. The van der Waals surface area contributed by atoms with Crippen molar-refractivity contribution in [1.82, 2.24) is 15.3 Å². The topological polar surface area (TPSA) is 67.4 Å².